The molecular weight excluding hydrogens is 466 g/mol. The number of phenols is 1. The van der Waals surface area contributed by atoms with E-state index in [0.29, 0.717) is 12.2 Å². The van der Waals surface area contributed by atoms with Crippen LogP contribution in [0.25, 0.3) is 0 Å². The highest BCUT2D eigenvalue weighted by molar-refractivity contribution is 5.80. The van der Waals surface area contributed by atoms with Crippen molar-refractivity contribution in [2.45, 2.75) is 84.6 Å². The van der Waals surface area contributed by atoms with E-state index in [1.807, 2.05) is 6.92 Å². The quantitative estimate of drug-likeness (QED) is 0.118. The smallest absolute Gasteiger partial charge is 0.306 e. The van der Waals surface area contributed by atoms with E-state index in [1.165, 1.54) is 32.8 Å². The number of carbonyl (C=O) groups is 2. The molecule has 0 radical (unpaired) electrons. The van der Waals surface area contributed by atoms with Crippen LogP contribution in [-0.4, -0.2) is 30.7 Å². The molecule has 0 fully saturated rings. The third-order valence-electron chi connectivity index (χ3n) is 5.69. The number of esters is 1. The van der Waals surface area contributed by atoms with Crippen LogP contribution >= 0.6 is 0 Å². The SMILES string of the molecule is CCCCC/C=C\C/C=C\C/C=C\C/C=C\CCCC(=O)OCC(=O)NCc1cc(OC)c(O)cc1C. The lowest BCUT2D eigenvalue weighted by molar-refractivity contribution is -0.148. The number of unbranched alkanes of at least 4 members (excludes halogenated alkanes) is 4. The molecule has 1 amide bonds. The van der Waals surface area contributed by atoms with E-state index in [0.717, 1.165) is 36.8 Å². The molecule has 2 N–H and O–H groups in total. The highest BCUT2D eigenvalue weighted by atomic mass is 16.5. The average molecular weight is 512 g/mol. The first-order chi connectivity index (χ1) is 18.0. The summed E-state index contributed by atoms with van der Waals surface area (Å²) in [5.41, 5.74) is 1.64. The molecule has 1 rings (SSSR count). The largest absolute Gasteiger partial charge is 0.504 e. The van der Waals surface area contributed by atoms with Gasteiger partial charge in [0, 0.05) is 13.0 Å². The fraction of sp³-hybridized carbons (Fsp3) is 0.484. The molecule has 0 aliphatic carbocycles. The van der Waals surface area contributed by atoms with Crippen LogP contribution in [0, 0.1) is 6.92 Å². The van der Waals surface area contributed by atoms with Crippen LogP contribution in [0.3, 0.4) is 0 Å². The van der Waals surface area contributed by atoms with Gasteiger partial charge in [-0.1, -0.05) is 68.4 Å². The van der Waals surface area contributed by atoms with Gasteiger partial charge in [0.25, 0.3) is 5.91 Å². The van der Waals surface area contributed by atoms with Crippen LogP contribution in [0.4, 0.5) is 0 Å². The summed E-state index contributed by atoms with van der Waals surface area (Å²) in [5, 5.41) is 12.5. The second kappa shape index (κ2) is 20.9. The highest BCUT2D eigenvalue weighted by Crippen LogP contribution is 2.29. The zero-order chi connectivity index (χ0) is 27.1. The number of aromatic hydroxyl groups is 1. The van der Waals surface area contributed by atoms with Crippen LogP contribution < -0.4 is 10.1 Å². The van der Waals surface area contributed by atoms with Crippen LogP contribution in [0.15, 0.2) is 60.7 Å². The summed E-state index contributed by atoms with van der Waals surface area (Å²) in [6.07, 6.45) is 27.0. The highest BCUT2D eigenvalue weighted by Gasteiger charge is 2.10. The Labute approximate surface area is 223 Å². The Morgan fingerprint density at radius 1 is 0.892 bits per heavy atom. The number of phenolic OH excluding ortho intramolecular Hbond substituents is 1. The van der Waals surface area contributed by atoms with Crippen molar-refractivity contribution in [2.24, 2.45) is 0 Å². The van der Waals surface area contributed by atoms with Crippen molar-refractivity contribution >= 4 is 11.9 Å². The monoisotopic (exact) mass is 511 g/mol. The molecule has 0 spiro atoms. The van der Waals surface area contributed by atoms with E-state index < -0.39 is 0 Å². The summed E-state index contributed by atoms with van der Waals surface area (Å²) in [7, 11) is 1.47. The maximum Gasteiger partial charge on any atom is 0.306 e. The molecule has 1 aromatic rings. The van der Waals surface area contributed by atoms with Crippen molar-refractivity contribution < 1.29 is 24.2 Å². The van der Waals surface area contributed by atoms with Crippen molar-refractivity contribution in [3.63, 3.8) is 0 Å². The van der Waals surface area contributed by atoms with Gasteiger partial charge in [0.15, 0.2) is 18.1 Å². The molecule has 204 valence electrons. The molecule has 0 aromatic heterocycles. The number of amides is 1. The van der Waals surface area contributed by atoms with E-state index >= 15 is 0 Å². The summed E-state index contributed by atoms with van der Waals surface area (Å²) in [6.45, 7) is 4.01. The molecule has 37 heavy (non-hydrogen) atoms. The van der Waals surface area contributed by atoms with Crippen molar-refractivity contribution in [1.29, 1.82) is 0 Å². The third kappa shape index (κ3) is 16.2. The molecule has 0 aliphatic rings. The van der Waals surface area contributed by atoms with E-state index in [4.69, 9.17) is 9.47 Å². The maximum atomic E-state index is 12.0. The van der Waals surface area contributed by atoms with Gasteiger partial charge in [0.05, 0.1) is 7.11 Å². The van der Waals surface area contributed by atoms with Crippen LogP contribution in [0.1, 0.15) is 82.3 Å². The lowest BCUT2D eigenvalue weighted by Gasteiger charge is -2.11. The zero-order valence-corrected chi connectivity index (χ0v) is 22.8. The Balaban J connectivity index is 2.07. The molecule has 6 heteroatoms. The molecule has 0 aliphatic heterocycles. The summed E-state index contributed by atoms with van der Waals surface area (Å²) in [4.78, 5) is 23.9. The van der Waals surface area contributed by atoms with E-state index in [1.54, 1.807) is 12.1 Å². The van der Waals surface area contributed by atoms with Crippen LogP contribution in [0.5, 0.6) is 11.5 Å². The number of hydrogen-bond acceptors (Lipinski definition) is 5. The molecule has 0 atom stereocenters. The second-order valence-corrected chi connectivity index (χ2v) is 8.87. The minimum atomic E-state index is -0.381. The first kappa shape index (κ1) is 31.7. The minimum absolute atomic E-state index is 0.0510. The molecule has 0 bridgehead atoms. The molecule has 1 aromatic carbocycles. The number of rotatable bonds is 19. The lowest BCUT2D eigenvalue weighted by Crippen LogP contribution is -2.28. The van der Waals surface area contributed by atoms with Crippen LogP contribution in [-0.2, 0) is 20.9 Å². The predicted molar refractivity (Wildman–Crippen MR) is 151 cm³/mol. The Morgan fingerprint density at radius 3 is 2.08 bits per heavy atom. The second-order valence-electron chi connectivity index (χ2n) is 8.87. The van der Waals surface area contributed by atoms with Gasteiger partial charge in [0.1, 0.15) is 0 Å². The zero-order valence-electron chi connectivity index (χ0n) is 22.8. The summed E-state index contributed by atoms with van der Waals surface area (Å²) >= 11 is 0. The van der Waals surface area contributed by atoms with E-state index in [2.05, 4.69) is 60.8 Å². The minimum Gasteiger partial charge on any atom is -0.504 e. The summed E-state index contributed by atoms with van der Waals surface area (Å²) in [5.74, 6) is -0.362. The first-order valence-electron chi connectivity index (χ1n) is 13.4. The van der Waals surface area contributed by atoms with Crippen molar-refractivity contribution in [1.82, 2.24) is 5.32 Å². The number of nitrogens with one attached hydrogen (secondary N) is 1. The predicted octanol–water partition coefficient (Wildman–Crippen LogP) is 7.01. The maximum absolute atomic E-state index is 12.0. The van der Waals surface area contributed by atoms with Gasteiger partial charge in [-0.3, -0.25) is 9.59 Å². The molecule has 0 saturated heterocycles. The third-order valence-corrected chi connectivity index (χ3v) is 5.69. The summed E-state index contributed by atoms with van der Waals surface area (Å²) in [6, 6.07) is 3.26. The van der Waals surface area contributed by atoms with Crippen molar-refractivity contribution in [3.8, 4) is 11.5 Å². The first-order valence-corrected chi connectivity index (χ1v) is 13.4. The molecule has 6 nitrogen and oxygen atoms in total. The fourth-order valence-electron chi connectivity index (χ4n) is 3.46. The number of hydrogen-bond donors (Lipinski definition) is 2. The number of aryl methyl sites for hydroxylation is 1. The lowest BCUT2D eigenvalue weighted by atomic mass is 10.1. The molecule has 0 saturated carbocycles. The van der Waals surface area contributed by atoms with Gasteiger partial charge in [-0.2, -0.15) is 0 Å². The van der Waals surface area contributed by atoms with Crippen molar-refractivity contribution in [3.05, 3.63) is 71.9 Å². The van der Waals surface area contributed by atoms with Gasteiger partial charge in [-0.05, 0) is 75.1 Å². The average Bonchev–Trinajstić information content (AvgIpc) is 2.88. The molecule has 0 heterocycles. The number of carbonyl (C=O) groups excluding carboxylic acids is 2. The normalized spacial score (nSPS) is 11.8. The number of allylic oxidation sites excluding steroid dienone is 8. The van der Waals surface area contributed by atoms with Gasteiger partial charge >= 0.3 is 5.97 Å². The molecule has 0 unspecified atom stereocenters. The fourth-order valence-corrected chi connectivity index (χ4v) is 3.46. The Hall–Kier alpha value is -3.28. The van der Waals surface area contributed by atoms with E-state index in [-0.39, 0.29) is 37.2 Å². The van der Waals surface area contributed by atoms with Crippen LogP contribution in [0.2, 0.25) is 0 Å². The van der Waals surface area contributed by atoms with Gasteiger partial charge in [-0.25, -0.2) is 0 Å². The number of ether oxygens (including phenoxy) is 2. The number of methoxy groups -OCH3 is 1. The Morgan fingerprint density at radius 2 is 1.49 bits per heavy atom. The topological polar surface area (TPSA) is 84.9 Å². The molecular formula is C31H45NO5. The van der Waals surface area contributed by atoms with Crippen molar-refractivity contribution in [2.75, 3.05) is 13.7 Å². The van der Waals surface area contributed by atoms with Gasteiger partial charge < -0.3 is 19.9 Å². The summed E-state index contributed by atoms with van der Waals surface area (Å²) < 4.78 is 10.1. The number of benzene rings is 1. The standard InChI is InChI=1S/C31H45NO5/c1-4-5-6-7-8-9-10-11-12-13-14-15-16-17-18-19-20-21-31(35)37-25-30(34)32-24-27-23-29(36-3)28(33)22-26(27)2/h8-9,11-12,14-15,17-18,22-23,33H,4-7,10,13,16,19-21,24-25H2,1-3H3,(H,32,34)/b9-8-,12-11-,15-14-,18-17-. The van der Waals surface area contributed by atoms with E-state index in [9.17, 15) is 14.7 Å². The van der Waals surface area contributed by atoms with Gasteiger partial charge in [-0.15, -0.1) is 0 Å². The van der Waals surface area contributed by atoms with Gasteiger partial charge in [0.2, 0.25) is 0 Å². The Bertz CT molecular complexity index is 914. The Kier molecular flexibility index (Phi) is 17.9.